The molecule has 1 saturated heterocycles. The minimum Gasteiger partial charge on any atom is -0.493 e. The number of ether oxygens (including phenoxy) is 9. The molecule has 2 aliphatic heterocycles. The average molecular weight is 717 g/mol. The SMILES string of the molecule is COc1ccc([C@@H](O)[C@H](C)Oc2ccc([C@H]3O[C@H](c4ccc(O[C@@H](C)[C@H](O)c5ccc6c(c5)OCO6)c(OC)c4)[C@H](C)[C@H]3C)cc2OC)cc1OC. The minimum atomic E-state index is -0.930. The molecule has 0 aromatic heterocycles. The Kier molecular flexibility index (Phi) is 11.2. The highest BCUT2D eigenvalue weighted by Gasteiger charge is 2.41. The summed E-state index contributed by atoms with van der Waals surface area (Å²) in [6, 6.07) is 22.2. The molecule has 2 aliphatic rings. The van der Waals surface area contributed by atoms with Crippen LogP contribution in [-0.2, 0) is 4.74 Å². The van der Waals surface area contributed by atoms with Crippen LogP contribution in [0.5, 0.6) is 46.0 Å². The summed E-state index contributed by atoms with van der Waals surface area (Å²) < 4.78 is 52.3. The number of aliphatic hydroxyl groups excluding tert-OH is 2. The molecule has 6 rings (SSSR count). The van der Waals surface area contributed by atoms with E-state index in [1.165, 1.54) is 0 Å². The first-order chi connectivity index (χ1) is 25.1. The van der Waals surface area contributed by atoms with E-state index in [-0.39, 0.29) is 30.8 Å². The van der Waals surface area contributed by atoms with E-state index in [0.717, 1.165) is 11.1 Å². The van der Waals surface area contributed by atoms with E-state index in [1.807, 2.05) is 43.3 Å². The van der Waals surface area contributed by atoms with Crippen LogP contribution >= 0.6 is 0 Å². The van der Waals surface area contributed by atoms with Gasteiger partial charge in [-0.2, -0.15) is 0 Å². The van der Waals surface area contributed by atoms with Gasteiger partial charge in [0.15, 0.2) is 46.0 Å². The van der Waals surface area contributed by atoms with Crippen molar-refractivity contribution >= 4 is 0 Å². The normalized spacial score (nSPS) is 21.5. The van der Waals surface area contributed by atoms with Gasteiger partial charge < -0.3 is 52.8 Å². The van der Waals surface area contributed by atoms with Crippen molar-refractivity contribution in [3.63, 3.8) is 0 Å². The van der Waals surface area contributed by atoms with Crippen molar-refractivity contribution in [3.05, 3.63) is 95.1 Å². The molecule has 2 heterocycles. The number of aliphatic hydroxyl groups is 2. The lowest BCUT2D eigenvalue weighted by molar-refractivity contribution is 0.0281. The van der Waals surface area contributed by atoms with E-state index in [2.05, 4.69) is 13.8 Å². The lowest BCUT2D eigenvalue weighted by Gasteiger charge is -2.24. The maximum atomic E-state index is 11.1. The van der Waals surface area contributed by atoms with Gasteiger partial charge in [-0.05, 0) is 96.5 Å². The van der Waals surface area contributed by atoms with E-state index < -0.39 is 24.4 Å². The van der Waals surface area contributed by atoms with Gasteiger partial charge in [-0.3, -0.25) is 0 Å². The molecular weight excluding hydrogens is 668 g/mol. The van der Waals surface area contributed by atoms with Crippen LogP contribution in [0, 0.1) is 11.8 Å². The highest BCUT2D eigenvalue weighted by Crippen LogP contribution is 2.51. The summed E-state index contributed by atoms with van der Waals surface area (Å²) >= 11 is 0. The summed E-state index contributed by atoms with van der Waals surface area (Å²) in [7, 11) is 6.31. The third kappa shape index (κ3) is 7.39. The van der Waals surface area contributed by atoms with E-state index in [9.17, 15) is 10.2 Å². The highest BCUT2D eigenvalue weighted by molar-refractivity contribution is 5.48. The van der Waals surface area contributed by atoms with Crippen LogP contribution < -0.4 is 37.9 Å². The van der Waals surface area contributed by atoms with E-state index in [0.29, 0.717) is 57.1 Å². The van der Waals surface area contributed by atoms with Crippen LogP contribution in [0.15, 0.2) is 72.8 Å². The first kappa shape index (κ1) is 36.9. The molecule has 0 unspecified atom stereocenters. The summed E-state index contributed by atoms with van der Waals surface area (Å²) in [4.78, 5) is 0. The molecule has 11 nitrogen and oxygen atoms in total. The fraction of sp³-hybridized carbons (Fsp3) is 0.415. The van der Waals surface area contributed by atoms with Crippen molar-refractivity contribution in [3.8, 4) is 46.0 Å². The fourth-order valence-corrected chi connectivity index (χ4v) is 6.84. The Morgan fingerprint density at radius 2 is 0.981 bits per heavy atom. The highest BCUT2D eigenvalue weighted by atomic mass is 16.7. The number of benzene rings is 4. The van der Waals surface area contributed by atoms with Crippen LogP contribution in [0.4, 0.5) is 0 Å². The van der Waals surface area contributed by atoms with Gasteiger partial charge in [-0.1, -0.05) is 38.1 Å². The molecule has 11 heteroatoms. The quantitative estimate of drug-likeness (QED) is 0.135. The number of rotatable bonds is 14. The molecule has 0 bridgehead atoms. The molecule has 0 aliphatic carbocycles. The van der Waals surface area contributed by atoms with Crippen molar-refractivity contribution in [2.45, 2.75) is 64.3 Å². The number of hydrogen-bond donors (Lipinski definition) is 2. The van der Waals surface area contributed by atoms with Crippen molar-refractivity contribution in [2.75, 3.05) is 35.2 Å². The molecule has 52 heavy (non-hydrogen) atoms. The van der Waals surface area contributed by atoms with Gasteiger partial charge in [0.25, 0.3) is 0 Å². The van der Waals surface area contributed by atoms with Crippen LogP contribution in [0.1, 0.15) is 74.4 Å². The zero-order valence-corrected chi connectivity index (χ0v) is 30.8. The van der Waals surface area contributed by atoms with E-state index in [4.69, 9.17) is 42.6 Å². The van der Waals surface area contributed by atoms with Crippen molar-refractivity contribution in [1.82, 2.24) is 0 Å². The molecule has 0 radical (unpaired) electrons. The summed E-state index contributed by atoms with van der Waals surface area (Å²) in [5.74, 6) is 4.80. The van der Waals surface area contributed by atoms with Crippen LogP contribution in [-0.4, -0.2) is 57.7 Å². The Bertz CT molecular complexity index is 1840. The monoisotopic (exact) mass is 716 g/mol. The lowest BCUT2D eigenvalue weighted by atomic mass is 9.85. The first-order valence-electron chi connectivity index (χ1n) is 17.4. The van der Waals surface area contributed by atoms with Crippen molar-refractivity contribution in [1.29, 1.82) is 0 Å². The maximum absolute atomic E-state index is 11.1. The fourth-order valence-electron chi connectivity index (χ4n) is 6.84. The zero-order valence-electron chi connectivity index (χ0n) is 30.8. The maximum Gasteiger partial charge on any atom is 0.231 e. The molecule has 4 aromatic rings. The summed E-state index contributed by atoms with van der Waals surface area (Å²) in [5, 5.41) is 22.2. The number of fused-ring (bicyclic) bond motifs is 1. The van der Waals surface area contributed by atoms with Crippen LogP contribution in [0.2, 0.25) is 0 Å². The largest absolute Gasteiger partial charge is 0.493 e. The minimum absolute atomic E-state index is 0.164. The molecule has 278 valence electrons. The third-order valence-electron chi connectivity index (χ3n) is 10.1. The van der Waals surface area contributed by atoms with Crippen LogP contribution in [0.25, 0.3) is 0 Å². The predicted octanol–water partition coefficient (Wildman–Crippen LogP) is 7.54. The second-order valence-electron chi connectivity index (χ2n) is 13.3. The average Bonchev–Trinajstić information content (AvgIpc) is 3.77. The molecule has 8 atom stereocenters. The summed E-state index contributed by atoms with van der Waals surface area (Å²) in [6.07, 6.45) is -3.43. The molecule has 4 aromatic carbocycles. The molecule has 0 spiro atoms. The van der Waals surface area contributed by atoms with Crippen molar-refractivity contribution in [2.24, 2.45) is 11.8 Å². The van der Waals surface area contributed by atoms with Gasteiger partial charge in [0, 0.05) is 0 Å². The second-order valence-corrected chi connectivity index (χ2v) is 13.3. The summed E-state index contributed by atoms with van der Waals surface area (Å²) in [6.45, 7) is 8.14. The van der Waals surface area contributed by atoms with Gasteiger partial charge in [-0.15, -0.1) is 0 Å². The van der Waals surface area contributed by atoms with Gasteiger partial charge in [0.05, 0.1) is 40.6 Å². The van der Waals surface area contributed by atoms with E-state index in [1.54, 1.807) is 71.8 Å². The van der Waals surface area contributed by atoms with Gasteiger partial charge >= 0.3 is 0 Å². The second kappa shape index (κ2) is 15.8. The van der Waals surface area contributed by atoms with Crippen molar-refractivity contribution < 1.29 is 52.8 Å². The number of hydrogen-bond acceptors (Lipinski definition) is 11. The smallest absolute Gasteiger partial charge is 0.231 e. The Balaban J connectivity index is 1.14. The molecular formula is C41H48O11. The Hall–Kier alpha value is -4.84. The molecule has 0 saturated carbocycles. The topological polar surface area (TPSA) is 124 Å². The lowest BCUT2D eigenvalue weighted by Crippen LogP contribution is -2.22. The van der Waals surface area contributed by atoms with E-state index >= 15 is 0 Å². The molecule has 0 amide bonds. The Morgan fingerprint density at radius 3 is 1.50 bits per heavy atom. The standard InChI is InChI=1S/C41H48O11/c1-22-23(2)41(29-12-16-33(36(20-29)47-8)51-25(4)39(43)27-10-14-31-37(18-27)49-21-48-31)52-40(22)28-11-15-32(35(19-28)46-7)50-24(3)38(42)26-9-13-30(44-5)34(17-26)45-6/h9-20,22-25,38-43H,21H2,1-8H3/t22-,23-,24+,25+,38+,39+,40+,41+/m1/s1. The zero-order chi connectivity index (χ0) is 37.1. The third-order valence-corrected chi connectivity index (χ3v) is 10.1. The van der Waals surface area contributed by atoms with Crippen LogP contribution in [0.3, 0.4) is 0 Å². The Morgan fingerprint density at radius 1 is 0.538 bits per heavy atom. The first-order valence-corrected chi connectivity index (χ1v) is 17.4. The number of methoxy groups -OCH3 is 4. The predicted molar refractivity (Wildman–Crippen MR) is 193 cm³/mol. The van der Waals surface area contributed by atoms with Gasteiger partial charge in [-0.25, -0.2) is 0 Å². The molecule has 1 fully saturated rings. The summed E-state index contributed by atoms with van der Waals surface area (Å²) in [5.41, 5.74) is 3.22. The Labute approximate surface area is 304 Å². The molecule has 2 N–H and O–H groups in total. The van der Waals surface area contributed by atoms with Gasteiger partial charge in [0.2, 0.25) is 6.79 Å². The van der Waals surface area contributed by atoms with Gasteiger partial charge in [0.1, 0.15) is 24.4 Å².